The van der Waals surface area contributed by atoms with E-state index < -0.39 is 0 Å². The van der Waals surface area contributed by atoms with Crippen LogP contribution in [0, 0.1) is 0 Å². The number of thiophene rings is 1. The molecule has 1 aromatic carbocycles. The molecule has 1 saturated carbocycles. The van der Waals surface area contributed by atoms with Gasteiger partial charge < -0.3 is 15.5 Å². The minimum Gasteiger partial charge on any atom is -0.356 e. The number of nitrogens with one attached hydrogen (secondary N) is 2. The summed E-state index contributed by atoms with van der Waals surface area (Å²) in [6, 6.07) is 14.7. The summed E-state index contributed by atoms with van der Waals surface area (Å²) in [5.74, 6) is 0.714. The molecule has 0 atom stereocenters. The maximum absolute atomic E-state index is 11.9. The number of carbonyl (C=O) groups excluding carboxylic acids is 1. The molecule has 1 fully saturated rings. The van der Waals surface area contributed by atoms with Gasteiger partial charge in [0.2, 0.25) is 5.91 Å². The molecule has 5 nitrogen and oxygen atoms in total. The average molecular weight is 417 g/mol. The summed E-state index contributed by atoms with van der Waals surface area (Å²) in [5.41, 5.74) is 0. The van der Waals surface area contributed by atoms with Crippen LogP contribution in [0.3, 0.4) is 0 Å². The molecule has 0 spiro atoms. The van der Waals surface area contributed by atoms with Gasteiger partial charge in [-0.15, -0.1) is 23.1 Å². The standard InChI is InChI=1S/C21H28N4OS2/c1-25(2)19(26)15-23-20(22-13-10-17-9-6-14-27-17)24-16-21(11-12-21)28-18-7-4-3-5-8-18/h3-9,14H,10-13,15-16H2,1-2H3,(H2,22,23,24). The quantitative estimate of drug-likeness (QED) is 0.487. The van der Waals surface area contributed by atoms with Crippen LogP contribution in [0.5, 0.6) is 0 Å². The van der Waals surface area contributed by atoms with Crippen LogP contribution in [0.4, 0.5) is 0 Å². The van der Waals surface area contributed by atoms with E-state index in [1.54, 1.807) is 30.3 Å². The molecule has 2 aromatic rings. The second kappa shape index (κ2) is 9.98. The van der Waals surface area contributed by atoms with E-state index in [1.165, 1.54) is 22.6 Å². The molecule has 7 heteroatoms. The minimum absolute atomic E-state index is 0.000785. The number of likely N-dealkylation sites (N-methyl/N-ethyl adjacent to an activating group) is 1. The lowest BCUT2D eigenvalue weighted by Crippen LogP contribution is -2.42. The van der Waals surface area contributed by atoms with Crippen LogP contribution >= 0.6 is 23.1 Å². The summed E-state index contributed by atoms with van der Waals surface area (Å²) in [5, 5.41) is 8.94. The van der Waals surface area contributed by atoms with Crippen LogP contribution in [-0.4, -0.2) is 55.2 Å². The normalized spacial score (nSPS) is 15.1. The van der Waals surface area contributed by atoms with Crippen molar-refractivity contribution in [3.8, 4) is 0 Å². The van der Waals surface area contributed by atoms with E-state index in [1.807, 2.05) is 17.8 Å². The Morgan fingerprint density at radius 1 is 1.18 bits per heavy atom. The van der Waals surface area contributed by atoms with Gasteiger partial charge in [-0.2, -0.15) is 0 Å². The first-order valence-corrected chi connectivity index (χ1v) is 11.2. The van der Waals surface area contributed by atoms with Gasteiger partial charge in [-0.1, -0.05) is 24.3 Å². The molecule has 1 aliphatic carbocycles. The Morgan fingerprint density at radius 3 is 2.61 bits per heavy atom. The number of benzene rings is 1. The van der Waals surface area contributed by atoms with E-state index in [2.05, 4.69) is 57.4 Å². The zero-order valence-corrected chi connectivity index (χ0v) is 18.1. The highest BCUT2D eigenvalue weighted by Crippen LogP contribution is 2.51. The minimum atomic E-state index is -0.000785. The van der Waals surface area contributed by atoms with Crippen LogP contribution in [0.15, 0.2) is 57.7 Å². The maximum Gasteiger partial charge on any atom is 0.243 e. The van der Waals surface area contributed by atoms with Crippen LogP contribution in [0.25, 0.3) is 0 Å². The highest BCUT2D eigenvalue weighted by Gasteiger charge is 2.43. The monoisotopic (exact) mass is 416 g/mol. The Morgan fingerprint density at radius 2 is 1.96 bits per heavy atom. The molecule has 3 rings (SSSR count). The number of nitrogens with zero attached hydrogens (tertiary/aromatic N) is 2. The van der Waals surface area contributed by atoms with Gasteiger partial charge in [0.25, 0.3) is 0 Å². The van der Waals surface area contributed by atoms with Gasteiger partial charge in [0.1, 0.15) is 6.54 Å². The predicted octanol–water partition coefficient (Wildman–Crippen LogP) is 3.24. The molecule has 0 unspecified atom stereocenters. The van der Waals surface area contributed by atoms with E-state index in [-0.39, 0.29) is 17.2 Å². The largest absolute Gasteiger partial charge is 0.356 e. The lowest BCUT2D eigenvalue weighted by molar-refractivity contribution is -0.127. The molecule has 28 heavy (non-hydrogen) atoms. The summed E-state index contributed by atoms with van der Waals surface area (Å²) in [6.45, 7) is 1.79. The number of guanidine groups is 1. The van der Waals surface area contributed by atoms with Gasteiger partial charge in [-0.05, 0) is 42.8 Å². The molecule has 150 valence electrons. The van der Waals surface area contributed by atoms with Crippen molar-refractivity contribution in [3.63, 3.8) is 0 Å². The van der Waals surface area contributed by atoms with E-state index in [0.717, 1.165) is 19.5 Å². The summed E-state index contributed by atoms with van der Waals surface area (Å²) in [6.07, 6.45) is 3.33. The van der Waals surface area contributed by atoms with Crippen molar-refractivity contribution >= 4 is 35.0 Å². The highest BCUT2D eigenvalue weighted by molar-refractivity contribution is 8.01. The first-order chi connectivity index (χ1) is 13.6. The zero-order valence-electron chi connectivity index (χ0n) is 16.5. The first kappa shape index (κ1) is 20.7. The number of thioether (sulfide) groups is 1. The van der Waals surface area contributed by atoms with Crippen molar-refractivity contribution in [1.29, 1.82) is 0 Å². The van der Waals surface area contributed by atoms with Crippen molar-refractivity contribution in [2.24, 2.45) is 4.99 Å². The van der Waals surface area contributed by atoms with Gasteiger partial charge in [0.15, 0.2) is 5.96 Å². The van der Waals surface area contributed by atoms with Crippen molar-refractivity contribution in [2.75, 3.05) is 33.7 Å². The summed E-state index contributed by atoms with van der Waals surface area (Å²) in [7, 11) is 3.51. The fraction of sp³-hybridized carbons (Fsp3) is 0.429. The van der Waals surface area contributed by atoms with Gasteiger partial charge in [0, 0.05) is 41.7 Å². The Hall–Kier alpha value is -1.99. The number of aliphatic imine (C=N–C) groups is 1. The van der Waals surface area contributed by atoms with Gasteiger partial charge in [-0.3, -0.25) is 4.79 Å². The Labute approximate surface area is 175 Å². The van der Waals surface area contributed by atoms with Crippen molar-refractivity contribution in [3.05, 3.63) is 52.7 Å². The number of amides is 1. The third-order valence-corrected chi connectivity index (χ3v) is 7.01. The summed E-state index contributed by atoms with van der Waals surface area (Å²) >= 11 is 3.69. The van der Waals surface area contributed by atoms with Crippen molar-refractivity contribution in [2.45, 2.75) is 28.9 Å². The fourth-order valence-electron chi connectivity index (χ4n) is 2.66. The Balaban J connectivity index is 1.54. The molecular formula is C21H28N4OS2. The van der Waals surface area contributed by atoms with Crippen LogP contribution in [0.1, 0.15) is 17.7 Å². The van der Waals surface area contributed by atoms with E-state index in [4.69, 9.17) is 0 Å². The van der Waals surface area contributed by atoms with E-state index in [0.29, 0.717) is 5.96 Å². The molecule has 1 aromatic heterocycles. The van der Waals surface area contributed by atoms with Crippen LogP contribution in [-0.2, 0) is 11.2 Å². The molecule has 0 bridgehead atoms. The number of hydrogen-bond acceptors (Lipinski definition) is 4. The lowest BCUT2D eigenvalue weighted by Gasteiger charge is -2.19. The topological polar surface area (TPSA) is 56.7 Å². The van der Waals surface area contributed by atoms with Crippen molar-refractivity contribution in [1.82, 2.24) is 15.5 Å². The molecule has 1 aliphatic rings. The lowest BCUT2D eigenvalue weighted by atomic mass is 10.3. The molecule has 2 N–H and O–H groups in total. The molecule has 1 amide bonds. The summed E-state index contributed by atoms with van der Waals surface area (Å²) in [4.78, 5) is 20.6. The number of carbonyl (C=O) groups is 1. The highest BCUT2D eigenvalue weighted by atomic mass is 32.2. The van der Waals surface area contributed by atoms with Crippen LogP contribution < -0.4 is 10.6 Å². The average Bonchev–Trinajstić information content (AvgIpc) is 3.25. The second-order valence-corrected chi connectivity index (χ2v) is 9.73. The smallest absolute Gasteiger partial charge is 0.243 e. The molecular weight excluding hydrogens is 388 g/mol. The van der Waals surface area contributed by atoms with Gasteiger partial charge in [-0.25, -0.2) is 4.99 Å². The SMILES string of the molecule is CN(C)C(=O)CN=C(NCCc1cccs1)NCC1(Sc2ccccc2)CC1. The third kappa shape index (κ3) is 6.56. The Kier molecular flexibility index (Phi) is 7.39. The summed E-state index contributed by atoms with van der Waals surface area (Å²) < 4.78 is 0.225. The van der Waals surface area contributed by atoms with Gasteiger partial charge >= 0.3 is 0 Å². The van der Waals surface area contributed by atoms with Gasteiger partial charge in [0.05, 0.1) is 0 Å². The number of hydrogen-bond donors (Lipinski definition) is 2. The fourth-order valence-corrected chi connectivity index (χ4v) is 4.61. The van der Waals surface area contributed by atoms with E-state index in [9.17, 15) is 4.79 Å². The maximum atomic E-state index is 11.9. The van der Waals surface area contributed by atoms with E-state index >= 15 is 0 Å². The number of rotatable bonds is 9. The second-order valence-electron chi connectivity index (χ2n) is 7.16. The third-order valence-electron chi connectivity index (χ3n) is 4.58. The molecule has 1 heterocycles. The Bertz CT molecular complexity index is 771. The van der Waals surface area contributed by atoms with Crippen LogP contribution in [0.2, 0.25) is 0 Å². The van der Waals surface area contributed by atoms with Crippen molar-refractivity contribution < 1.29 is 4.79 Å². The molecule has 0 aliphatic heterocycles. The first-order valence-electron chi connectivity index (χ1n) is 9.55. The zero-order chi connectivity index (χ0) is 19.8. The molecule has 0 saturated heterocycles. The molecule has 0 radical (unpaired) electrons. The predicted molar refractivity (Wildman–Crippen MR) is 119 cm³/mol.